The molecule has 8 heteroatoms. The van der Waals surface area contributed by atoms with E-state index in [4.69, 9.17) is 32.7 Å². The monoisotopic (exact) mass is 533 g/mol. The quantitative estimate of drug-likeness (QED) is 0.175. The van der Waals surface area contributed by atoms with Gasteiger partial charge in [0.1, 0.15) is 18.2 Å². The normalized spacial score (nSPS) is 11.2. The Morgan fingerprint density at radius 3 is 2.68 bits per heavy atom. The van der Waals surface area contributed by atoms with Gasteiger partial charge in [0.2, 0.25) is 0 Å². The Kier molecular flexibility index (Phi) is 8.73. The van der Waals surface area contributed by atoms with Crippen molar-refractivity contribution in [2.24, 2.45) is 0 Å². The van der Waals surface area contributed by atoms with Crippen molar-refractivity contribution in [2.75, 3.05) is 13.2 Å². The molecule has 0 aliphatic heterocycles. The molecule has 1 amide bonds. The Hall–Kier alpha value is -3.92. The number of hydrogen-bond acceptors (Lipinski definition) is 4. The number of rotatable bonds is 10. The number of carbonyl (C=O) groups excluding carboxylic acids is 1. The number of nitrogens with one attached hydrogen (secondary N) is 2. The SMILES string of the molecule is CCOc1cc(/C=C(/C#N)C(=O)NCCc2c[nH]c3ccccc23)ccc1OCc1ccc(Cl)c(Cl)c1. The third kappa shape index (κ3) is 6.65. The zero-order valence-electron chi connectivity index (χ0n) is 20.2. The molecule has 4 aromatic rings. The fourth-order valence-corrected chi connectivity index (χ4v) is 4.17. The van der Waals surface area contributed by atoms with E-state index in [-0.39, 0.29) is 12.2 Å². The number of ether oxygens (including phenoxy) is 2. The van der Waals surface area contributed by atoms with Crippen LogP contribution in [0.1, 0.15) is 23.6 Å². The first-order valence-electron chi connectivity index (χ1n) is 11.8. The summed E-state index contributed by atoms with van der Waals surface area (Å²) in [5.41, 5.74) is 3.67. The Bertz CT molecular complexity index is 1490. The van der Waals surface area contributed by atoms with Crippen LogP contribution in [0, 0.1) is 11.3 Å². The number of fused-ring (bicyclic) bond motifs is 1. The average Bonchev–Trinajstić information content (AvgIpc) is 3.32. The molecule has 1 aromatic heterocycles. The molecule has 0 spiro atoms. The van der Waals surface area contributed by atoms with Crippen LogP contribution in [0.3, 0.4) is 0 Å². The van der Waals surface area contributed by atoms with Gasteiger partial charge in [0.25, 0.3) is 5.91 Å². The first-order valence-corrected chi connectivity index (χ1v) is 12.5. The second-order valence-electron chi connectivity index (χ2n) is 8.21. The van der Waals surface area contributed by atoms with Gasteiger partial charge in [-0.25, -0.2) is 0 Å². The molecule has 3 aromatic carbocycles. The Morgan fingerprint density at radius 1 is 1.05 bits per heavy atom. The number of aromatic amines is 1. The van der Waals surface area contributed by atoms with E-state index in [1.165, 1.54) is 6.08 Å². The molecule has 0 aliphatic carbocycles. The number of nitriles is 1. The molecule has 37 heavy (non-hydrogen) atoms. The first-order chi connectivity index (χ1) is 18.0. The van der Waals surface area contributed by atoms with Gasteiger partial charge in [0.05, 0.1) is 16.7 Å². The van der Waals surface area contributed by atoms with Crippen LogP contribution in [-0.4, -0.2) is 24.0 Å². The van der Waals surface area contributed by atoms with Gasteiger partial charge < -0.3 is 19.8 Å². The van der Waals surface area contributed by atoms with Crippen LogP contribution < -0.4 is 14.8 Å². The van der Waals surface area contributed by atoms with Crippen LogP contribution in [0.2, 0.25) is 10.0 Å². The van der Waals surface area contributed by atoms with Gasteiger partial charge in [-0.1, -0.05) is 53.5 Å². The predicted molar refractivity (Wildman–Crippen MR) is 147 cm³/mol. The minimum absolute atomic E-state index is 0.00542. The first kappa shape index (κ1) is 26.2. The lowest BCUT2D eigenvalue weighted by Crippen LogP contribution is -2.26. The van der Waals surface area contributed by atoms with Crippen LogP contribution in [0.15, 0.2) is 72.4 Å². The van der Waals surface area contributed by atoms with E-state index in [9.17, 15) is 10.1 Å². The summed E-state index contributed by atoms with van der Waals surface area (Å²) in [6.07, 6.45) is 4.12. The molecular formula is C29H25Cl2N3O3. The van der Waals surface area contributed by atoms with Crippen molar-refractivity contribution in [3.05, 3.63) is 99.2 Å². The summed E-state index contributed by atoms with van der Waals surface area (Å²) in [6.45, 7) is 2.97. The number of carbonyl (C=O) groups is 1. The highest BCUT2D eigenvalue weighted by molar-refractivity contribution is 6.42. The van der Waals surface area contributed by atoms with Crippen LogP contribution in [0.4, 0.5) is 0 Å². The highest BCUT2D eigenvalue weighted by Gasteiger charge is 2.12. The number of benzene rings is 3. The van der Waals surface area contributed by atoms with E-state index in [1.54, 1.807) is 30.3 Å². The lowest BCUT2D eigenvalue weighted by molar-refractivity contribution is -0.117. The van der Waals surface area contributed by atoms with Crippen LogP contribution in [0.5, 0.6) is 11.5 Å². The zero-order chi connectivity index (χ0) is 26.2. The fraction of sp³-hybridized carbons (Fsp3) is 0.172. The van der Waals surface area contributed by atoms with Gasteiger partial charge >= 0.3 is 0 Å². The molecule has 0 unspecified atom stereocenters. The predicted octanol–water partition coefficient (Wildman–Crippen LogP) is 6.72. The third-order valence-electron chi connectivity index (χ3n) is 5.68. The number of amides is 1. The second kappa shape index (κ2) is 12.4. The summed E-state index contributed by atoms with van der Waals surface area (Å²) in [6, 6.07) is 20.5. The zero-order valence-corrected chi connectivity index (χ0v) is 21.7. The number of nitrogens with zero attached hydrogens (tertiary/aromatic N) is 1. The van der Waals surface area contributed by atoms with Gasteiger partial charge in [-0.05, 0) is 66.4 Å². The molecule has 0 fully saturated rings. The van der Waals surface area contributed by atoms with Gasteiger partial charge in [0.15, 0.2) is 11.5 Å². The fourth-order valence-electron chi connectivity index (χ4n) is 3.85. The smallest absolute Gasteiger partial charge is 0.261 e. The summed E-state index contributed by atoms with van der Waals surface area (Å²) in [5, 5.41) is 14.5. The summed E-state index contributed by atoms with van der Waals surface area (Å²) in [4.78, 5) is 15.9. The lowest BCUT2D eigenvalue weighted by Gasteiger charge is -2.13. The maximum absolute atomic E-state index is 12.7. The van der Waals surface area contributed by atoms with Crippen LogP contribution >= 0.6 is 23.2 Å². The number of aromatic nitrogens is 1. The largest absolute Gasteiger partial charge is 0.490 e. The lowest BCUT2D eigenvalue weighted by atomic mass is 10.1. The molecule has 0 radical (unpaired) electrons. The molecular weight excluding hydrogens is 509 g/mol. The van der Waals surface area contributed by atoms with E-state index >= 15 is 0 Å². The highest BCUT2D eigenvalue weighted by Crippen LogP contribution is 2.31. The number of H-pyrrole nitrogens is 1. The molecule has 0 atom stereocenters. The molecule has 0 saturated carbocycles. The molecule has 0 aliphatic rings. The molecule has 0 saturated heterocycles. The van der Waals surface area contributed by atoms with E-state index < -0.39 is 5.91 Å². The minimum atomic E-state index is -0.430. The third-order valence-corrected chi connectivity index (χ3v) is 6.42. The van der Waals surface area contributed by atoms with E-state index in [1.807, 2.05) is 49.5 Å². The Morgan fingerprint density at radius 2 is 1.89 bits per heavy atom. The number of para-hydroxylation sites is 1. The van der Waals surface area contributed by atoms with E-state index in [0.717, 1.165) is 22.0 Å². The van der Waals surface area contributed by atoms with Crippen LogP contribution in [0.25, 0.3) is 17.0 Å². The summed E-state index contributed by atoms with van der Waals surface area (Å²) < 4.78 is 11.7. The van der Waals surface area contributed by atoms with Crippen molar-refractivity contribution in [3.8, 4) is 17.6 Å². The van der Waals surface area contributed by atoms with Crippen LogP contribution in [-0.2, 0) is 17.8 Å². The molecule has 1 heterocycles. The second-order valence-corrected chi connectivity index (χ2v) is 9.03. The highest BCUT2D eigenvalue weighted by atomic mass is 35.5. The molecule has 6 nitrogen and oxygen atoms in total. The van der Waals surface area contributed by atoms with E-state index in [0.29, 0.717) is 46.7 Å². The van der Waals surface area contributed by atoms with Gasteiger partial charge in [-0.15, -0.1) is 0 Å². The van der Waals surface area contributed by atoms with Gasteiger partial charge in [-0.3, -0.25) is 4.79 Å². The van der Waals surface area contributed by atoms with Crippen molar-refractivity contribution in [1.29, 1.82) is 5.26 Å². The minimum Gasteiger partial charge on any atom is -0.490 e. The summed E-state index contributed by atoms with van der Waals surface area (Å²) in [5.74, 6) is 0.611. The number of hydrogen-bond donors (Lipinski definition) is 2. The van der Waals surface area contributed by atoms with Crippen molar-refractivity contribution in [1.82, 2.24) is 10.3 Å². The van der Waals surface area contributed by atoms with Crippen molar-refractivity contribution in [2.45, 2.75) is 20.0 Å². The average molecular weight is 534 g/mol. The van der Waals surface area contributed by atoms with Gasteiger partial charge in [-0.2, -0.15) is 5.26 Å². The Balaban J connectivity index is 1.42. The molecule has 4 rings (SSSR count). The van der Waals surface area contributed by atoms with E-state index in [2.05, 4.69) is 10.3 Å². The van der Waals surface area contributed by atoms with Crippen molar-refractivity contribution < 1.29 is 14.3 Å². The molecule has 188 valence electrons. The van der Waals surface area contributed by atoms with Crippen molar-refractivity contribution in [3.63, 3.8) is 0 Å². The maximum atomic E-state index is 12.7. The summed E-state index contributed by atoms with van der Waals surface area (Å²) in [7, 11) is 0. The Labute approximate surface area is 225 Å². The summed E-state index contributed by atoms with van der Waals surface area (Å²) >= 11 is 12.1. The topological polar surface area (TPSA) is 87.1 Å². The molecule has 2 N–H and O–H groups in total. The van der Waals surface area contributed by atoms with Gasteiger partial charge in [0, 0.05) is 23.6 Å². The number of halogens is 2. The van der Waals surface area contributed by atoms with Crippen molar-refractivity contribution >= 4 is 46.1 Å². The molecule has 0 bridgehead atoms. The standard InChI is InChI=1S/C29H25Cl2N3O3/c1-2-36-28-15-19(8-10-27(28)37-18-20-7-9-24(30)25(31)14-20)13-22(16-32)29(35)33-12-11-21-17-34-26-6-4-3-5-23(21)26/h3-10,13-15,17,34H,2,11-12,18H2,1H3,(H,33,35)/b22-13-. The maximum Gasteiger partial charge on any atom is 0.261 e.